The molecule has 0 atom stereocenters. The molecule has 1 aliphatic rings. The minimum Gasteiger partial charge on any atom is -0.474 e. The van der Waals surface area contributed by atoms with E-state index in [9.17, 15) is 27.2 Å². The van der Waals surface area contributed by atoms with Gasteiger partial charge in [-0.05, 0) is 37.8 Å². The smallest absolute Gasteiger partial charge is 0.313 e. The average molecular weight is 508 g/mol. The first-order chi connectivity index (χ1) is 17.2. The fourth-order valence-corrected chi connectivity index (χ4v) is 3.79. The first-order valence-corrected chi connectivity index (χ1v) is 10.9. The Bertz CT molecular complexity index is 1280. The van der Waals surface area contributed by atoms with Gasteiger partial charge >= 0.3 is 17.8 Å². The summed E-state index contributed by atoms with van der Waals surface area (Å²) in [6, 6.07) is 3.63. The van der Waals surface area contributed by atoms with Crippen LogP contribution in [0.1, 0.15) is 47.8 Å². The molecule has 0 radical (unpaired) electrons. The number of amides is 1. The van der Waals surface area contributed by atoms with Gasteiger partial charge in [0, 0.05) is 17.7 Å². The summed E-state index contributed by atoms with van der Waals surface area (Å²) < 4.78 is 70.2. The van der Waals surface area contributed by atoms with Crippen LogP contribution >= 0.6 is 0 Å². The number of methoxy groups -OCH3 is 1. The highest BCUT2D eigenvalue weighted by atomic mass is 19.2. The van der Waals surface area contributed by atoms with Crippen molar-refractivity contribution in [2.75, 3.05) is 12.4 Å². The second-order valence-electron chi connectivity index (χ2n) is 8.09. The normalized spacial score (nSPS) is 17.5. The van der Waals surface area contributed by atoms with Crippen LogP contribution in [-0.4, -0.2) is 40.3 Å². The zero-order valence-corrected chi connectivity index (χ0v) is 18.9. The molecule has 1 saturated carbocycles. The van der Waals surface area contributed by atoms with E-state index in [0.717, 1.165) is 0 Å². The van der Waals surface area contributed by atoms with Crippen LogP contribution in [0.4, 0.5) is 23.2 Å². The fourth-order valence-electron chi connectivity index (χ4n) is 3.79. The molecule has 2 heterocycles. The number of hydrogen-bond donors (Lipinski definition) is 1. The average Bonchev–Trinajstić information content (AvgIpc) is 3.33. The lowest BCUT2D eigenvalue weighted by Crippen LogP contribution is -2.28. The molecule has 0 bridgehead atoms. The first kappa shape index (κ1) is 25.1. The zero-order valence-electron chi connectivity index (χ0n) is 18.9. The molecule has 1 aliphatic carbocycles. The predicted molar refractivity (Wildman–Crippen MR) is 114 cm³/mol. The van der Waals surface area contributed by atoms with Gasteiger partial charge in [0.2, 0.25) is 17.7 Å². The summed E-state index contributed by atoms with van der Waals surface area (Å²) >= 11 is 0. The minimum atomic E-state index is -1.35. The summed E-state index contributed by atoms with van der Waals surface area (Å²) in [6.45, 7) is 0. The Morgan fingerprint density at radius 3 is 2.44 bits per heavy atom. The molecule has 0 spiro atoms. The third-order valence-electron chi connectivity index (χ3n) is 5.66. The summed E-state index contributed by atoms with van der Waals surface area (Å²) in [5.41, 5.74) is -0.540. The van der Waals surface area contributed by atoms with Gasteiger partial charge in [0.25, 0.3) is 0 Å². The molecule has 13 heteroatoms. The van der Waals surface area contributed by atoms with Gasteiger partial charge < -0.3 is 19.2 Å². The summed E-state index contributed by atoms with van der Waals surface area (Å²) in [7, 11) is 1.34. The molecule has 1 aromatic carbocycles. The third-order valence-corrected chi connectivity index (χ3v) is 5.66. The maximum atomic E-state index is 14.5. The highest BCUT2D eigenvalue weighted by Crippen LogP contribution is 2.28. The minimum absolute atomic E-state index is 0.0145. The number of halogens is 4. The Hall–Kier alpha value is -4.03. The van der Waals surface area contributed by atoms with Crippen molar-refractivity contribution in [2.24, 2.45) is 5.92 Å². The summed E-state index contributed by atoms with van der Waals surface area (Å²) in [5, 5.41) is 9.30. The lowest BCUT2D eigenvalue weighted by Gasteiger charge is -2.27. The Balaban J connectivity index is 1.34. The molecule has 9 nitrogen and oxygen atoms in total. The second-order valence-corrected chi connectivity index (χ2v) is 8.09. The number of nitrogens with zero attached hydrogens (tertiary/aromatic N) is 3. The molecule has 4 rings (SSSR count). The number of hydrogen-bond acceptors (Lipinski definition) is 8. The van der Waals surface area contributed by atoms with E-state index in [1.54, 1.807) is 0 Å². The van der Waals surface area contributed by atoms with Crippen molar-refractivity contribution >= 4 is 17.6 Å². The summed E-state index contributed by atoms with van der Waals surface area (Å²) in [5.74, 6) is -6.84. The monoisotopic (exact) mass is 508 g/mol. The van der Waals surface area contributed by atoms with Gasteiger partial charge in [-0.2, -0.15) is 9.37 Å². The van der Waals surface area contributed by atoms with E-state index in [-0.39, 0.29) is 41.0 Å². The van der Waals surface area contributed by atoms with E-state index in [1.165, 1.54) is 19.2 Å². The summed E-state index contributed by atoms with van der Waals surface area (Å²) in [4.78, 5) is 27.7. The molecule has 1 N–H and O–H groups in total. The molecule has 2 aromatic heterocycles. The number of rotatable bonds is 7. The molecular formula is C23H20F4N4O5. The Kier molecular flexibility index (Phi) is 7.46. The molecule has 190 valence electrons. The largest absolute Gasteiger partial charge is 0.474 e. The van der Waals surface area contributed by atoms with Gasteiger partial charge in [-0.15, -0.1) is 10.2 Å². The summed E-state index contributed by atoms with van der Waals surface area (Å²) in [6.07, 6.45) is 1.69. The number of pyridine rings is 1. The molecule has 1 amide bonds. The third kappa shape index (κ3) is 5.78. The van der Waals surface area contributed by atoms with Crippen LogP contribution in [0.2, 0.25) is 0 Å². The molecule has 36 heavy (non-hydrogen) atoms. The van der Waals surface area contributed by atoms with Crippen molar-refractivity contribution < 1.29 is 41.0 Å². The molecule has 0 saturated heterocycles. The number of carbonyl (C=O) groups is 2. The SMILES string of the molecule is COC(=O)C1CCC(Oc2ccc(NC(=O)c3nnc(Cc4cc(F)c(F)cc4F)o3)c(F)n2)CC1. The maximum absolute atomic E-state index is 14.5. The van der Waals surface area contributed by atoms with Gasteiger partial charge in [-0.25, -0.2) is 13.2 Å². The molecular weight excluding hydrogens is 488 g/mol. The number of nitrogens with one attached hydrogen (secondary N) is 1. The van der Waals surface area contributed by atoms with Gasteiger partial charge in [0.1, 0.15) is 11.9 Å². The van der Waals surface area contributed by atoms with E-state index < -0.39 is 41.6 Å². The predicted octanol–water partition coefficient (Wildman–Crippen LogP) is 3.97. The van der Waals surface area contributed by atoms with Gasteiger partial charge in [0.15, 0.2) is 11.6 Å². The topological polar surface area (TPSA) is 116 Å². The van der Waals surface area contributed by atoms with Crippen LogP contribution < -0.4 is 10.1 Å². The van der Waals surface area contributed by atoms with E-state index in [1.807, 2.05) is 0 Å². The first-order valence-electron chi connectivity index (χ1n) is 10.9. The number of anilines is 1. The van der Waals surface area contributed by atoms with E-state index in [0.29, 0.717) is 37.8 Å². The lowest BCUT2D eigenvalue weighted by molar-refractivity contribution is -0.147. The van der Waals surface area contributed by atoms with Crippen molar-refractivity contribution in [1.29, 1.82) is 0 Å². The standard InChI is InChI=1S/C23H20F4N4O5/c1-34-23(33)11-2-4-13(5-3-11)35-18-7-6-17(20(27)29-18)28-21(32)22-31-30-19(36-22)9-12-8-15(25)16(26)10-14(12)24/h6-8,10-11,13H,2-5,9H2,1H3,(H,28,32). The number of aromatic nitrogens is 3. The van der Waals surface area contributed by atoms with E-state index in [4.69, 9.17) is 13.9 Å². The van der Waals surface area contributed by atoms with Crippen LogP contribution in [-0.2, 0) is 16.0 Å². The van der Waals surface area contributed by atoms with Gasteiger partial charge in [0.05, 0.1) is 25.1 Å². The maximum Gasteiger partial charge on any atom is 0.313 e. The Labute approximate surface area is 201 Å². The quantitative estimate of drug-likeness (QED) is 0.221. The molecule has 3 aromatic rings. The van der Waals surface area contributed by atoms with Crippen LogP contribution in [0.15, 0.2) is 28.7 Å². The Morgan fingerprint density at radius 1 is 1.03 bits per heavy atom. The highest BCUT2D eigenvalue weighted by molar-refractivity contribution is 6.00. The zero-order chi connectivity index (χ0) is 25.8. The van der Waals surface area contributed by atoms with Gasteiger partial charge in [-0.1, -0.05) is 0 Å². The van der Waals surface area contributed by atoms with Crippen LogP contribution in [0.5, 0.6) is 5.88 Å². The number of ether oxygens (including phenoxy) is 2. The van der Waals surface area contributed by atoms with Crippen molar-refractivity contribution in [2.45, 2.75) is 38.2 Å². The number of carbonyl (C=O) groups excluding carboxylic acids is 2. The molecule has 1 fully saturated rings. The lowest BCUT2D eigenvalue weighted by atomic mass is 9.87. The Morgan fingerprint density at radius 2 is 1.75 bits per heavy atom. The number of benzene rings is 1. The highest BCUT2D eigenvalue weighted by Gasteiger charge is 2.28. The van der Waals surface area contributed by atoms with Crippen molar-refractivity contribution in [1.82, 2.24) is 15.2 Å². The van der Waals surface area contributed by atoms with Crippen molar-refractivity contribution in [3.8, 4) is 5.88 Å². The van der Waals surface area contributed by atoms with E-state index >= 15 is 0 Å². The second kappa shape index (κ2) is 10.7. The number of esters is 1. The van der Waals surface area contributed by atoms with Gasteiger partial charge in [-0.3, -0.25) is 9.59 Å². The fraction of sp³-hybridized carbons (Fsp3) is 0.348. The van der Waals surface area contributed by atoms with Crippen molar-refractivity contribution in [3.63, 3.8) is 0 Å². The van der Waals surface area contributed by atoms with E-state index in [2.05, 4.69) is 20.5 Å². The molecule has 0 unspecified atom stereocenters. The van der Waals surface area contributed by atoms with Crippen LogP contribution in [0.25, 0.3) is 0 Å². The molecule has 0 aliphatic heterocycles. The van der Waals surface area contributed by atoms with Crippen LogP contribution in [0, 0.1) is 29.3 Å². The van der Waals surface area contributed by atoms with Crippen LogP contribution in [0.3, 0.4) is 0 Å². The van der Waals surface area contributed by atoms with Crippen molar-refractivity contribution in [3.05, 3.63) is 65.0 Å².